The SMILES string of the molecule is Cc1cc(C(C)O)c2oc(N3CCN(C(=O)OC(C)(C)C)CC3)c(C)c(=O)c2c1. The van der Waals surface area contributed by atoms with E-state index in [-0.39, 0.29) is 11.5 Å². The number of piperazine rings is 1. The van der Waals surface area contributed by atoms with Crippen LogP contribution < -0.4 is 10.3 Å². The Morgan fingerprint density at radius 2 is 1.79 bits per heavy atom. The predicted octanol–water partition coefficient (Wildman–Crippen LogP) is 3.52. The highest BCUT2D eigenvalue weighted by Crippen LogP contribution is 2.30. The molecule has 29 heavy (non-hydrogen) atoms. The number of rotatable bonds is 2. The highest BCUT2D eigenvalue weighted by Gasteiger charge is 2.28. The molecule has 0 saturated carbocycles. The van der Waals surface area contributed by atoms with Crippen molar-refractivity contribution in [3.8, 4) is 0 Å². The third-order valence-electron chi connectivity index (χ3n) is 5.04. The first kappa shape index (κ1) is 21.2. The molecular weight excluding hydrogens is 372 g/mol. The molecule has 1 aliphatic rings. The van der Waals surface area contributed by atoms with Gasteiger partial charge in [0.2, 0.25) is 5.88 Å². The Hall–Kier alpha value is -2.54. The fraction of sp³-hybridized carbons (Fsp3) is 0.545. The molecule has 1 aromatic heterocycles. The molecular formula is C22H30N2O5. The van der Waals surface area contributed by atoms with Gasteiger partial charge in [-0.25, -0.2) is 4.79 Å². The van der Waals surface area contributed by atoms with Gasteiger partial charge in [0.1, 0.15) is 11.2 Å². The molecule has 0 radical (unpaired) electrons. The second kappa shape index (κ2) is 7.71. The molecule has 1 saturated heterocycles. The maximum Gasteiger partial charge on any atom is 0.410 e. The van der Waals surface area contributed by atoms with Gasteiger partial charge in [0.25, 0.3) is 0 Å². The number of anilines is 1. The van der Waals surface area contributed by atoms with Gasteiger partial charge in [-0.05, 0) is 59.2 Å². The van der Waals surface area contributed by atoms with Gasteiger partial charge in [-0.3, -0.25) is 4.79 Å². The Balaban J connectivity index is 1.91. The molecule has 2 heterocycles. The summed E-state index contributed by atoms with van der Waals surface area (Å²) in [5.41, 5.74) is 1.83. The topological polar surface area (TPSA) is 83.2 Å². The van der Waals surface area contributed by atoms with Crippen molar-refractivity contribution in [2.24, 2.45) is 0 Å². The lowest BCUT2D eigenvalue weighted by molar-refractivity contribution is 0.0239. The van der Waals surface area contributed by atoms with Gasteiger partial charge in [0.05, 0.1) is 17.1 Å². The van der Waals surface area contributed by atoms with E-state index in [0.29, 0.717) is 54.2 Å². The van der Waals surface area contributed by atoms with E-state index in [1.165, 1.54) is 0 Å². The average Bonchev–Trinajstić information content (AvgIpc) is 2.63. The molecule has 2 aromatic rings. The van der Waals surface area contributed by atoms with Crippen molar-refractivity contribution in [2.75, 3.05) is 31.1 Å². The van der Waals surface area contributed by atoms with Crippen molar-refractivity contribution >= 4 is 22.9 Å². The minimum atomic E-state index is -0.750. The lowest BCUT2D eigenvalue weighted by Gasteiger charge is -2.36. The number of aliphatic hydroxyl groups excluding tert-OH is 1. The number of carbonyl (C=O) groups excluding carboxylic acids is 1. The van der Waals surface area contributed by atoms with Gasteiger partial charge in [0, 0.05) is 31.7 Å². The summed E-state index contributed by atoms with van der Waals surface area (Å²) in [6, 6.07) is 3.64. The van der Waals surface area contributed by atoms with Gasteiger partial charge < -0.3 is 24.1 Å². The van der Waals surface area contributed by atoms with E-state index < -0.39 is 11.7 Å². The predicted molar refractivity (Wildman–Crippen MR) is 113 cm³/mol. The first-order valence-corrected chi connectivity index (χ1v) is 9.97. The van der Waals surface area contributed by atoms with Crippen LogP contribution >= 0.6 is 0 Å². The maximum absolute atomic E-state index is 13.0. The third kappa shape index (κ3) is 4.40. The summed E-state index contributed by atoms with van der Waals surface area (Å²) in [7, 11) is 0. The molecule has 1 aliphatic heterocycles. The first-order valence-electron chi connectivity index (χ1n) is 9.97. The Morgan fingerprint density at radius 1 is 1.17 bits per heavy atom. The van der Waals surface area contributed by atoms with Crippen molar-refractivity contribution in [2.45, 2.75) is 53.2 Å². The van der Waals surface area contributed by atoms with Crippen LogP contribution in [0.25, 0.3) is 11.0 Å². The van der Waals surface area contributed by atoms with Crippen LogP contribution in [0.1, 0.15) is 50.5 Å². The van der Waals surface area contributed by atoms with E-state index >= 15 is 0 Å². The molecule has 1 unspecified atom stereocenters. The molecule has 158 valence electrons. The molecule has 1 amide bonds. The zero-order chi connectivity index (χ0) is 21.5. The average molecular weight is 402 g/mol. The largest absolute Gasteiger partial charge is 0.444 e. The van der Waals surface area contributed by atoms with Crippen LogP contribution in [0.5, 0.6) is 0 Å². The van der Waals surface area contributed by atoms with Crippen molar-refractivity contribution in [1.29, 1.82) is 0 Å². The van der Waals surface area contributed by atoms with Crippen LogP contribution in [0, 0.1) is 13.8 Å². The van der Waals surface area contributed by atoms with Gasteiger partial charge >= 0.3 is 6.09 Å². The summed E-state index contributed by atoms with van der Waals surface area (Å²) in [6.45, 7) is 12.9. The van der Waals surface area contributed by atoms with Crippen molar-refractivity contribution in [3.05, 3.63) is 39.0 Å². The van der Waals surface area contributed by atoms with E-state index in [2.05, 4.69) is 0 Å². The number of nitrogens with zero attached hydrogens (tertiary/aromatic N) is 2. The number of fused-ring (bicyclic) bond motifs is 1. The third-order valence-corrected chi connectivity index (χ3v) is 5.04. The van der Waals surface area contributed by atoms with E-state index in [0.717, 1.165) is 5.56 Å². The number of hydrogen-bond donors (Lipinski definition) is 1. The fourth-order valence-corrected chi connectivity index (χ4v) is 3.59. The number of carbonyl (C=O) groups is 1. The summed E-state index contributed by atoms with van der Waals surface area (Å²) < 4.78 is 11.6. The second-order valence-electron chi connectivity index (χ2n) is 8.72. The molecule has 1 fully saturated rings. The van der Waals surface area contributed by atoms with Crippen LogP contribution in [0.2, 0.25) is 0 Å². The quantitative estimate of drug-likeness (QED) is 0.828. The molecule has 3 rings (SSSR count). The summed E-state index contributed by atoms with van der Waals surface area (Å²) in [5.74, 6) is 0.497. The van der Waals surface area contributed by atoms with Crippen LogP contribution in [0.4, 0.5) is 10.7 Å². The van der Waals surface area contributed by atoms with Crippen LogP contribution in [-0.2, 0) is 4.74 Å². The zero-order valence-electron chi connectivity index (χ0n) is 18.0. The summed E-state index contributed by atoms with van der Waals surface area (Å²) >= 11 is 0. The van der Waals surface area contributed by atoms with Crippen molar-refractivity contribution < 1.29 is 19.1 Å². The molecule has 1 aromatic carbocycles. The fourth-order valence-electron chi connectivity index (χ4n) is 3.59. The van der Waals surface area contributed by atoms with Crippen LogP contribution in [-0.4, -0.2) is 47.9 Å². The molecule has 0 spiro atoms. The Bertz CT molecular complexity index is 979. The number of aryl methyl sites for hydroxylation is 1. The lowest BCUT2D eigenvalue weighted by atomic mass is 10.0. The Morgan fingerprint density at radius 3 is 2.34 bits per heavy atom. The highest BCUT2D eigenvalue weighted by molar-refractivity contribution is 5.83. The van der Waals surface area contributed by atoms with Gasteiger partial charge in [-0.15, -0.1) is 0 Å². The molecule has 0 bridgehead atoms. The van der Waals surface area contributed by atoms with Gasteiger partial charge in [-0.1, -0.05) is 0 Å². The first-order chi connectivity index (χ1) is 13.5. The minimum Gasteiger partial charge on any atom is -0.444 e. The summed E-state index contributed by atoms with van der Waals surface area (Å²) in [5, 5.41) is 10.6. The maximum atomic E-state index is 13.0. The molecule has 1 N–H and O–H groups in total. The van der Waals surface area contributed by atoms with E-state index in [4.69, 9.17) is 9.15 Å². The number of aliphatic hydroxyl groups is 1. The standard InChI is InChI=1S/C22H30N2O5/c1-13-11-16(15(3)25)19-17(12-13)18(26)14(2)20(28-19)23-7-9-24(10-8-23)21(27)29-22(4,5)6/h11-12,15,25H,7-10H2,1-6H3. The summed E-state index contributed by atoms with van der Waals surface area (Å²) in [6.07, 6.45) is -1.08. The number of benzene rings is 1. The Labute approximate surface area is 170 Å². The number of ether oxygens (including phenoxy) is 1. The molecule has 7 heteroatoms. The smallest absolute Gasteiger partial charge is 0.410 e. The number of hydrogen-bond acceptors (Lipinski definition) is 6. The molecule has 0 aliphatic carbocycles. The van der Waals surface area contributed by atoms with Crippen LogP contribution in [0.15, 0.2) is 21.3 Å². The minimum absolute atomic E-state index is 0.0959. The highest BCUT2D eigenvalue weighted by atomic mass is 16.6. The lowest BCUT2D eigenvalue weighted by Crippen LogP contribution is -2.50. The molecule has 1 atom stereocenters. The van der Waals surface area contributed by atoms with E-state index in [1.54, 1.807) is 24.8 Å². The van der Waals surface area contributed by atoms with Crippen molar-refractivity contribution in [3.63, 3.8) is 0 Å². The summed E-state index contributed by atoms with van der Waals surface area (Å²) in [4.78, 5) is 28.9. The Kier molecular flexibility index (Phi) is 5.63. The van der Waals surface area contributed by atoms with E-state index in [9.17, 15) is 14.7 Å². The van der Waals surface area contributed by atoms with Crippen molar-refractivity contribution in [1.82, 2.24) is 4.90 Å². The van der Waals surface area contributed by atoms with E-state index in [1.807, 2.05) is 38.7 Å². The normalized spacial score (nSPS) is 16.2. The van der Waals surface area contributed by atoms with Crippen LogP contribution in [0.3, 0.4) is 0 Å². The van der Waals surface area contributed by atoms with Gasteiger partial charge in [-0.2, -0.15) is 0 Å². The second-order valence-corrected chi connectivity index (χ2v) is 8.72. The van der Waals surface area contributed by atoms with Gasteiger partial charge in [0.15, 0.2) is 5.43 Å². The monoisotopic (exact) mass is 402 g/mol. The number of amides is 1. The molecule has 7 nitrogen and oxygen atoms in total. The zero-order valence-corrected chi connectivity index (χ0v) is 18.0.